The molecule has 0 radical (unpaired) electrons. The molecule has 4 nitrogen and oxygen atoms in total. The van der Waals surface area contributed by atoms with Crippen LogP contribution in [0.1, 0.15) is 4.88 Å². The van der Waals surface area contributed by atoms with E-state index in [4.69, 9.17) is 0 Å². The first kappa shape index (κ1) is 14.2. The van der Waals surface area contributed by atoms with Gasteiger partial charge in [0.15, 0.2) is 0 Å². The van der Waals surface area contributed by atoms with Crippen molar-refractivity contribution < 1.29 is 4.39 Å². The minimum Gasteiger partial charge on any atom is -0.357 e. The number of hydrogen-bond acceptors (Lipinski definition) is 5. The van der Waals surface area contributed by atoms with E-state index in [-0.39, 0.29) is 5.82 Å². The van der Waals surface area contributed by atoms with Gasteiger partial charge in [-0.25, -0.2) is 9.37 Å². The molecule has 0 atom stereocenters. The maximum Gasteiger partial charge on any atom is 0.225 e. The van der Waals surface area contributed by atoms with Gasteiger partial charge in [0.1, 0.15) is 16.5 Å². The quantitative estimate of drug-likeness (QED) is 0.705. The van der Waals surface area contributed by atoms with Gasteiger partial charge in [-0.05, 0) is 47.1 Å². The molecule has 0 unspecified atom stereocenters. The van der Waals surface area contributed by atoms with E-state index < -0.39 is 0 Å². The molecule has 0 saturated carbocycles. The summed E-state index contributed by atoms with van der Waals surface area (Å²) < 4.78 is 14.0. The molecule has 2 heterocycles. The summed E-state index contributed by atoms with van der Waals surface area (Å²) in [6, 6.07) is 6.90. The highest BCUT2D eigenvalue weighted by molar-refractivity contribution is 9.10. The molecule has 0 aliphatic rings. The summed E-state index contributed by atoms with van der Waals surface area (Å²) in [6.07, 6.45) is 0. The Morgan fingerprint density at radius 3 is 2.76 bits per heavy atom. The smallest absolute Gasteiger partial charge is 0.225 e. The third-order valence-electron chi connectivity index (χ3n) is 2.92. The first-order chi connectivity index (χ1) is 10.1. The van der Waals surface area contributed by atoms with Crippen LogP contribution in [0.5, 0.6) is 0 Å². The number of benzene rings is 1. The van der Waals surface area contributed by atoms with Crippen molar-refractivity contribution in [3.05, 3.63) is 39.4 Å². The van der Waals surface area contributed by atoms with Crippen LogP contribution < -0.4 is 10.6 Å². The molecule has 3 rings (SSSR count). The second-order valence-electron chi connectivity index (χ2n) is 4.48. The Morgan fingerprint density at radius 2 is 2.05 bits per heavy atom. The zero-order valence-corrected chi connectivity index (χ0v) is 13.8. The van der Waals surface area contributed by atoms with Gasteiger partial charge in [0.25, 0.3) is 0 Å². The SMILES string of the molecule is CNc1nc(Nc2ccc(Br)c(F)c2)c2cc(C)sc2n1. The first-order valence-corrected chi connectivity index (χ1v) is 7.86. The predicted molar refractivity (Wildman–Crippen MR) is 89.1 cm³/mol. The Balaban J connectivity index is 2.07. The fraction of sp³-hybridized carbons (Fsp3) is 0.143. The number of thiophene rings is 1. The number of rotatable bonds is 3. The number of anilines is 3. The van der Waals surface area contributed by atoms with Gasteiger partial charge in [-0.15, -0.1) is 11.3 Å². The maximum atomic E-state index is 13.6. The maximum absolute atomic E-state index is 13.6. The Hall–Kier alpha value is -1.73. The highest BCUT2D eigenvalue weighted by Crippen LogP contribution is 2.31. The Labute approximate surface area is 133 Å². The van der Waals surface area contributed by atoms with E-state index in [9.17, 15) is 4.39 Å². The van der Waals surface area contributed by atoms with E-state index in [1.165, 1.54) is 6.07 Å². The molecular weight excluding hydrogens is 355 g/mol. The zero-order valence-electron chi connectivity index (χ0n) is 11.4. The molecule has 0 saturated heterocycles. The molecule has 21 heavy (non-hydrogen) atoms. The molecule has 0 amide bonds. The summed E-state index contributed by atoms with van der Waals surface area (Å²) in [6.45, 7) is 2.02. The number of nitrogens with zero attached hydrogens (tertiary/aromatic N) is 2. The number of halogens is 2. The van der Waals surface area contributed by atoms with Crippen molar-refractivity contribution in [1.82, 2.24) is 9.97 Å². The van der Waals surface area contributed by atoms with Gasteiger partial charge in [0.05, 0.1) is 9.86 Å². The molecule has 108 valence electrons. The number of hydrogen-bond donors (Lipinski definition) is 2. The lowest BCUT2D eigenvalue weighted by Gasteiger charge is -2.09. The molecule has 0 bridgehead atoms. The van der Waals surface area contributed by atoms with Crippen LogP contribution in [0.3, 0.4) is 0 Å². The van der Waals surface area contributed by atoms with Gasteiger partial charge in [-0.3, -0.25) is 0 Å². The largest absolute Gasteiger partial charge is 0.357 e. The van der Waals surface area contributed by atoms with Crippen molar-refractivity contribution in [2.24, 2.45) is 0 Å². The molecule has 0 fully saturated rings. The summed E-state index contributed by atoms with van der Waals surface area (Å²) in [5, 5.41) is 7.03. The van der Waals surface area contributed by atoms with Crippen LogP contribution in [0, 0.1) is 12.7 Å². The minimum absolute atomic E-state index is 0.319. The van der Waals surface area contributed by atoms with Crippen molar-refractivity contribution in [2.45, 2.75) is 6.92 Å². The van der Waals surface area contributed by atoms with Gasteiger partial charge in [-0.1, -0.05) is 0 Å². The Morgan fingerprint density at radius 1 is 1.24 bits per heavy atom. The summed E-state index contributed by atoms with van der Waals surface area (Å²) in [4.78, 5) is 10.9. The highest BCUT2D eigenvalue weighted by atomic mass is 79.9. The van der Waals surface area contributed by atoms with Crippen LogP contribution in [-0.4, -0.2) is 17.0 Å². The van der Waals surface area contributed by atoms with E-state index in [1.807, 2.05) is 13.0 Å². The van der Waals surface area contributed by atoms with E-state index in [0.717, 1.165) is 15.1 Å². The topological polar surface area (TPSA) is 49.8 Å². The summed E-state index contributed by atoms with van der Waals surface area (Å²) in [7, 11) is 1.77. The normalized spacial score (nSPS) is 10.9. The van der Waals surface area contributed by atoms with Crippen molar-refractivity contribution in [3.63, 3.8) is 0 Å². The third-order valence-corrected chi connectivity index (χ3v) is 4.51. The molecule has 2 N–H and O–H groups in total. The Kier molecular flexibility index (Phi) is 3.77. The van der Waals surface area contributed by atoms with Crippen molar-refractivity contribution >= 4 is 54.9 Å². The summed E-state index contributed by atoms with van der Waals surface area (Å²) in [5.74, 6) is 0.875. The molecule has 0 spiro atoms. The van der Waals surface area contributed by atoms with Crippen LogP contribution in [0.15, 0.2) is 28.7 Å². The van der Waals surface area contributed by atoms with Gasteiger partial charge in [-0.2, -0.15) is 4.98 Å². The average molecular weight is 367 g/mol. The monoisotopic (exact) mass is 366 g/mol. The molecule has 2 aromatic heterocycles. The number of nitrogens with one attached hydrogen (secondary N) is 2. The van der Waals surface area contributed by atoms with Gasteiger partial charge >= 0.3 is 0 Å². The Bertz CT molecular complexity index is 818. The van der Waals surface area contributed by atoms with E-state index >= 15 is 0 Å². The zero-order chi connectivity index (χ0) is 15.0. The molecule has 0 aliphatic carbocycles. The lowest BCUT2D eigenvalue weighted by atomic mass is 10.3. The first-order valence-electron chi connectivity index (χ1n) is 6.25. The summed E-state index contributed by atoms with van der Waals surface area (Å²) in [5.41, 5.74) is 0.640. The van der Waals surface area contributed by atoms with Crippen molar-refractivity contribution in [2.75, 3.05) is 17.7 Å². The van der Waals surface area contributed by atoms with Gasteiger partial charge in [0, 0.05) is 17.6 Å². The number of aromatic nitrogens is 2. The standard InChI is InChI=1S/C14H12BrFN4S/c1-7-5-9-12(19-14(17-2)20-13(9)21-7)18-8-3-4-10(15)11(16)6-8/h3-6H,1-2H3,(H2,17,18,19,20). The van der Waals surface area contributed by atoms with E-state index in [2.05, 4.69) is 36.5 Å². The highest BCUT2D eigenvalue weighted by Gasteiger charge is 2.11. The average Bonchev–Trinajstić information content (AvgIpc) is 2.83. The predicted octanol–water partition coefficient (Wildman–Crippen LogP) is 4.69. The second kappa shape index (κ2) is 5.57. The molecule has 0 aliphatic heterocycles. The second-order valence-corrected chi connectivity index (χ2v) is 6.56. The number of aryl methyl sites for hydroxylation is 1. The molecular formula is C14H12BrFN4S. The van der Waals surface area contributed by atoms with Crippen molar-refractivity contribution in [1.29, 1.82) is 0 Å². The minimum atomic E-state index is -0.319. The number of fused-ring (bicyclic) bond motifs is 1. The van der Waals surface area contributed by atoms with Crippen LogP contribution in [0.25, 0.3) is 10.2 Å². The van der Waals surface area contributed by atoms with Crippen LogP contribution in [0.2, 0.25) is 0 Å². The molecule has 3 aromatic rings. The fourth-order valence-electron chi connectivity index (χ4n) is 1.96. The van der Waals surface area contributed by atoms with Crippen LogP contribution in [0.4, 0.5) is 21.8 Å². The molecule has 1 aromatic carbocycles. The summed E-state index contributed by atoms with van der Waals surface area (Å²) >= 11 is 4.74. The van der Waals surface area contributed by atoms with E-state index in [1.54, 1.807) is 30.5 Å². The lowest BCUT2D eigenvalue weighted by Crippen LogP contribution is -2.01. The van der Waals surface area contributed by atoms with Gasteiger partial charge in [0.2, 0.25) is 5.95 Å². The van der Waals surface area contributed by atoms with E-state index in [0.29, 0.717) is 21.9 Å². The fourth-order valence-corrected chi connectivity index (χ4v) is 3.09. The van der Waals surface area contributed by atoms with Gasteiger partial charge < -0.3 is 10.6 Å². The lowest BCUT2D eigenvalue weighted by molar-refractivity contribution is 0.622. The van der Waals surface area contributed by atoms with Crippen LogP contribution in [-0.2, 0) is 0 Å². The third kappa shape index (κ3) is 2.84. The van der Waals surface area contributed by atoms with Crippen LogP contribution >= 0.6 is 27.3 Å². The molecule has 7 heteroatoms. The van der Waals surface area contributed by atoms with Crippen molar-refractivity contribution in [3.8, 4) is 0 Å².